The lowest BCUT2D eigenvalue weighted by atomic mass is 10.1. The molecule has 1 aliphatic heterocycles. The van der Waals surface area contributed by atoms with E-state index in [9.17, 15) is 0 Å². The van der Waals surface area contributed by atoms with Crippen LogP contribution < -0.4 is 5.73 Å². The number of nitrogens with two attached hydrogens (primary N) is 1. The van der Waals surface area contributed by atoms with E-state index in [1.54, 1.807) is 0 Å². The lowest BCUT2D eigenvalue weighted by Crippen LogP contribution is -2.48. The minimum Gasteiger partial charge on any atom is -0.399 e. The first-order chi connectivity index (χ1) is 10.1. The number of benzene rings is 1. The standard InChI is InChI=1S/C17H30N4/c1-19(2)10-11-21-14-12-20(13-15-21)9-3-4-16-5-7-17(18)8-6-16/h5-8H,3-4,9-15,18H2,1-2H3. The van der Waals surface area contributed by atoms with Gasteiger partial charge in [0.15, 0.2) is 0 Å². The van der Waals surface area contributed by atoms with Crippen molar-refractivity contribution in [2.45, 2.75) is 12.8 Å². The first-order valence-corrected chi connectivity index (χ1v) is 8.07. The van der Waals surface area contributed by atoms with Crippen LogP contribution in [0.2, 0.25) is 0 Å². The third-order valence-electron chi connectivity index (χ3n) is 4.25. The average Bonchev–Trinajstić information content (AvgIpc) is 2.48. The molecule has 4 nitrogen and oxygen atoms in total. The number of piperazine rings is 1. The van der Waals surface area contributed by atoms with Crippen molar-refractivity contribution in [2.24, 2.45) is 0 Å². The summed E-state index contributed by atoms with van der Waals surface area (Å²) in [6.07, 6.45) is 2.39. The van der Waals surface area contributed by atoms with Gasteiger partial charge in [0.2, 0.25) is 0 Å². The van der Waals surface area contributed by atoms with Crippen LogP contribution >= 0.6 is 0 Å². The van der Waals surface area contributed by atoms with Crippen LogP contribution in [0, 0.1) is 0 Å². The highest BCUT2D eigenvalue weighted by atomic mass is 15.3. The topological polar surface area (TPSA) is 35.7 Å². The van der Waals surface area contributed by atoms with E-state index in [1.807, 2.05) is 12.1 Å². The fourth-order valence-corrected chi connectivity index (χ4v) is 2.77. The highest BCUT2D eigenvalue weighted by Gasteiger charge is 2.15. The van der Waals surface area contributed by atoms with E-state index in [0.717, 1.165) is 18.7 Å². The highest BCUT2D eigenvalue weighted by Crippen LogP contribution is 2.09. The van der Waals surface area contributed by atoms with Crippen LogP contribution in [-0.2, 0) is 6.42 Å². The summed E-state index contributed by atoms with van der Waals surface area (Å²) in [4.78, 5) is 7.44. The molecule has 0 bridgehead atoms. The average molecular weight is 290 g/mol. The second-order valence-corrected chi connectivity index (χ2v) is 6.33. The van der Waals surface area contributed by atoms with E-state index in [0.29, 0.717) is 0 Å². The van der Waals surface area contributed by atoms with Crippen molar-refractivity contribution in [3.8, 4) is 0 Å². The molecule has 118 valence electrons. The highest BCUT2D eigenvalue weighted by molar-refractivity contribution is 5.39. The smallest absolute Gasteiger partial charge is 0.0314 e. The number of rotatable bonds is 7. The van der Waals surface area contributed by atoms with E-state index < -0.39 is 0 Å². The molecule has 4 heteroatoms. The van der Waals surface area contributed by atoms with E-state index >= 15 is 0 Å². The zero-order chi connectivity index (χ0) is 15.1. The fraction of sp³-hybridized carbons (Fsp3) is 0.647. The minimum atomic E-state index is 0.854. The van der Waals surface area contributed by atoms with Gasteiger partial charge in [0.1, 0.15) is 0 Å². The van der Waals surface area contributed by atoms with Crippen molar-refractivity contribution in [1.82, 2.24) is 14.7 Å². The van der Waals surface area contributed by atoms with Gasteiger partial charge in [-0.2, -0.15) is 0 Å². The quantitative estimate of drug-likeness (QED) is 0.770. The lowest BCUT2D eigenvalue weighted by molar-refractivity contribution is 0.124. The Balaban J connectivity index is 1.59. The van der Waals surface area contributed by atoms with Gasteiger partial charge in [0, 0.05) is 45.0 Å². The molecule has 0 radical (unpaired) electrons. The molecule has 2 N–H and O–H groups in total. The van der Waals surface area contributed by atoms with Crippen molar-refractivity contribution < 1.29 is 0 Å². The molecule has 21 heavy (non-hydrogen) atoms. The zero-order valence-corrected chi connectivity index (χ0v) is 13.6. The second-order valence-electron chi connectivity index (χ2n) is 6.33. The van der Waals surface area contributed by atoms with E-state index in [1.165, 1.54) is 51.3 Å². The van der Waals surface area contributed by atoms with Gasteiger partial charge in [-0.25, -0.2) is 0 Å². The lowest BCUT2D eigenvalue weighted by Gasteiger charge is -2.35. The van der Waals surface area contributed by atoms with Crippen LogP contribution in [-0.4, -0.2) is 74.6 Å². The number of hydrogen-bond acceptors (Lipinski definition) is 4. The third kappa shape index (κ3) is 6.04. The monoisotopic (exact) mass is 290 g/mol. The summed E-state index contributed by atoms with van der Waals surface area (Å²) in [5.74, 6) is 0. The normalized spacial score (nSPS) is 17.5. The molecular formula is C17H30N4. The molecule has 1 aromatic carbocycles. The van der Waals surface area contributed by atoms with Gasteiger partial charge in [0.05, 0.1) is 0 Å². The Labute approximate surface area is 129 Å². The number of likely N-dealkylation sites (N-methyl/N-ethyl adjacent to an activating group) is 1. The Bertz CT molecular complexity index is 394. The van der Waals surface area contributed by atoms with E-state index in [2.05, 4.69) is 40.9 Å². The first kappa shape index (κ1) is 16.3. The molecule has 1 aromatic rings. The van der Waals surface area contributed by atoms with Crippen molar-refractivity contribution in [3.05, 3.63) is 29.8 Å². The number of anilines is 1. The van der Waals surface area contributed by atoms with Crippen LogP contribution in [0.1, 0.15) is 12.0 Å². The van der Waals surface area contributed by atoms with Crippen LogP contribution in [0.15, 0.2) is 24.3 Å². The molecule has 1 heterocycles. The Hall–Kier alpha value is -1.10. The molecule has 0 amide bonds. The number of nitrogens with zero attached hydrogens (tertiary/aromatic N) is 3. The van der Waals surface area contributed by atoms with E-state index in [4.69, 9.17) is 5.73 Å². The van der Waals surface area contributed by atoms with Gasteiger partial charge in [0.25, 0.3) is 0 Å². The molecule has 1 fully saturated rings. The summed E-state index contributed by atoms with van der Waals surface area (Å²) < 4.78 is 0. The summed E-state index contributed by atoms with van der Waals surface area (Å²) in [6.45, 7) is 8.45. The van der Waals surface area contributed by atoms with Gasteiger partial charge in [-0.05, 0) is 51.2 Å². The third-order valence-corrected chi connectivity index (χ3v) is 4.25. The summed E-state index contributed by atoms with van der Waals surface area (Å²) in [7, 11) is 4.29. The van der Waals surface area contributed by atoms with Crippen molar-refractivity contribution in [2.75, 3.05) is 65.6 Å². The predicted molar refractivity (Wildman–Crippen MR) is 90.6 cm³/mol. The number of nitrogen functional groups attached to an aromatic ring is 1. The van der Waals surface area contributed by atoms with E-state index in [-0.39, 0.29) is 0 Å². The summed E-state index contributed by atoms with van der Waals surface area (Å²) >= 11 is 0. The molecule has 0 aromatic heterocycles. The molecule has 2 rings (SSSR count). The Morgan fingerprint density at radius 3 is 2.10 bits per heavy atom. The maximum Gasteiger partial charge on any atom is 0.0314 e. The maximum absolute atomic E-state index is 5.71. The summed E-state index contributed by atoms with van der Waals surface area (Å²) in [6, 6.07) is 8.29. The maximum atomic E-state index is 5.71. The minimum absolute atomic E-state index is 0.854. The Kier molecular flexibility index (Phi) is 6.49. The SMILES string of the molecule is CN(C)CCN1CCN(CCCc2ccc(N)cc2)CC1. The number of hydrogen-bond donors (Lipinski definition) is 1. The molecule has 0 saturated carbocycles. The Morgan fingerprint density at radius 1 is 0.952 bits per heavy atom. The Morgan fingerprint density at radius 2 is 1.52 bits per heavy atom. The van der Waals surface area contributed by atoms with Gasteiger partial charge in [-0.3, -0.25) is 4.90 Å². The molecule has 1 aliphatic rings. The van der Waals surface area contributed by atoms with Crippen molar-refractivity contribution >= 4 is 5.69 Å². The largest absolute Gasteiger partial charge is 0.399 e. The predicted octanol–water partition coefficient (Wildman–Crippen LogP) is 1.38. The van der Waals surface area contributed by atoms with Gasteiger partial charge in [-0.1, -0.05) is 12.1 Å². The second kappa shape index (κ2) is 8.37. The summed E-state index contributed by atoms with van der Waals surface area (Å²) in [5, 5.41) is 0. The molecule has 0 unspecified atom stereocenters. The fourth-order valence-electron chi connectivity index (χ4n) is 2.77. The molecule has 1 saturated heterocycles. The van der Waals surface area contributed by atoms with Crippen LogP contribution in [0.3, 0.4) is 0 Å². The number of aryl methyl sites for hydroxylation is 1. The molecule has 0 aliphatic carbocycles. The van der Waals surface area contributed by atoms with Crippen molar-refractivity contribution in [1.29, 1.82) is 0 Å². The summed E-state index contributed by atoms with van der Waals surface area (Å²) in [5.41, 5.74) is 7.96. The van der Waals surface area contributed by atoms with Crippen molar-refractivity contribution in [3.63, 3.8) is 0 Å². The van der Waals surface area contributed by atoms with Crippen LogP contribution in [0.5, 0.6) is 0 Å². The van der Waals surface area contributed by atoms with Gasteiger partial charge in [-0.15, -0.1) is 0 Å². The molecular weight excluding hydrogens is 260 g/mol. The molecule has 0 atom stereocenters. The van der Waals surface area contributed by atoms with Crippen LogP contribution in [0.25, 0.3) is 0 Å². The van der Waals surface area contributed by atoms with Gasteiger partial charge < -0.3 is 15.5 Å². The first-order valence-electron chi connectivity index (χ1n) is 8.07. The zero-order valence-electron chi connectivity index (χ0n) is 13.6. The van der Waals surface area contributed by atoms with Gasteiger partial charge >= 0.3 is 0 Å². The molecule has 0 spiro atoms. The van der Waals surface area contributed by atoms with Crippen LogP contribution in [0.4, 0.5) is 5.69 Å².